The molecule has 0 amide bonds. The molecule has 1 saturated heterocycles. The highest BCUT2D eigenvalue weighted by Crippen LogP contribution is 2.31. The lowest BCUT2D eigenvalue weighted by molar-refractivity contribution is -0.147. The zero-order chi connectivity index (χ0) is 25.3. The zero-order valence-corrected chi connectivity index (χ0v) is 20.2. The van der Waals surface area contributed by atoms with Gasteiger partial charge in [0.25, 0.3) is 0 Å². The Morgan fingerprint density at radius 2 is 1.75 bits per heavy atom. The van der Waals surface area contributed by atoms with Crippen LogP contribution in [0, 0.1) is 6.92 Å². The maximum absolute atomic E-state index is 12.8. The molecule has 0 bridgehead atoms. The van der Waals surface area contributed by atoms with Crippen LogP contribution in [0.25, 0.3) is 17.5 Å². The van der Waals surface area contributed by atoms with Crippen molar-refractivity contribution >= 4 is 11.9 Å². The fourth-order valence-corrected chi connectivity index (χ4v) is 5.19. The van der Waals surface area contributed by atoms with Gasteiger partial charge in [0, 0.05) is 24.1 Å². The average molecular weight is 492 g/mol. The highest BCUT2D eigenvalue weighted by Gasteiger charge is 2.32. The van der Waals surface area contributed by atoms with E-state index in [1.807, 2.05) is 55.5 Å². The smallest absolute Gasteiger partial charge is 0.295 e. The Labute approximate surface area is 208 Å². The fourth-order valence-electron chi connectivity index (χ4n) is 5.19. The number of carbonyl (C=O) groups is 1. The fraction of sp³-hybridized carbons (Fsp3) is 0.345. The van der Waals surface area contributed by atoms with Crippen molar-refractivity contribution in [2.24, 2.45) is 0 Å². The summed E-state index contributed by atoms with van der Waals surface area (Å²) in [5.74, 6) is 0.331. The van der Waals surface area contributed by atoms with Gasteiger partial charge in [0.1, 0.15) is 0 Å². The van der Waals surface area contributed by atoms with Gasteiger partial charge in [-0.1, -0.05) is 42.5 Å². The number of benzene rings is 1. The van der Waals surface area contributed by atoms with E-state index >= 15 is 0 Å². The summed E-state index contributed by atoms with van der Waals surface area (Å²) in [6.45, 7) is 2.02. The van der Waals surface area contributed by atoms with Gasteiger partial charge in [-0.2, -0.15) is 13.2 Å². The minimum Gasteiger partial charge on any atom is -0.295 e. The number of aromatic nitrogens is 2. The molecule has 0 radical (unpaired) electrons. The molecule has 0 N–H and O–H groups in total. The summed E-state index contributed by atoms with van der Waals surface area (Å²) in [4.78, 5) is 23.8. The number of nitrogens with zero attached hydrogens (tertiary/aromatic N) is 3. The molecule has 1 aromatic carbocycles. The Kier molecular flexibility index (Phi) is 6.75. The minimum absolute atomic E-state index is 0.0704. The number of hydrogen-bond acceptors (Lipinski definition) is 4. The molecule has 186 valence electrons. The molecule has 1 aliphatic carbocycles. The number of ketones is 1. The third kappa shape index (κ3) is 5.57. The van der Waals surface area contributed by atoms with Crippen molar-refractivity contribution in [2.45, 2.75) is 44.7 Å². The van der Waals surface area contributed by atoms with Crippen molar-refractivity contribution in [2.75, 3.05) is 19.6 Å². The van der Waals surface area contributed by atoms with E-state index in [0.717, 1.165) is 52.3 Å². The van der Waals surface area contributed by atoms with E-state index < -0.39 is 12.7 Å². The van der Waals surface area contributed by atoms with Gasteiger partial charge in [-0.3, -0.25) is 19.7 Å². The SMILES string of the molecule is Cc1cccc(-c2cc3c(c(Cc4ccc(C5CCN(CC(F)(F)F)CC5)cc4)n2)C(=O)CC=C3)n1. The highest BCUT2D eigenvalue weighted by molar-refractivity contribution is 6.04. The average Bonchev–Trinajstić information content (AvgIpc) is 2.84. The van der Waals surface area contributed by atoms with E-state index in [2.05, 4.69) is 17.1 Å². The number of allylic oxidation sites excluding steroid dienone is 1. The second kappa shape index (κ2) is 9.97. The first-order valence-electron chi connectivity index (χ1n) is 12.3. The van der Waals surface area contributed by atoms with Gasteiger partial charge in [-0.15, -0.1) is 0 Å². The third-order valence-corrected chi connectivity index (χ3v) is 6.97. The molecule has 3 heterocycles. The molecular formula is C29H28F3N3O. The number of fused-ring (bicyclic) bond motifs is 1. The number of piperidine rings is 1. The van der Waals surface area contributed by atoms with Crippen molar-refractivity contribution in [3.8, 4) is 11.4 Å². The van der Waals surface area contributed by atoms with Gasteiger partial charge in [0.2, 0.25) is 0 Å². The van der Waals surface area contributed by atoms with E-state index in [1.165, 1.54) is 4.90 Å². The Hall–Kier alpha value is -3.32. The van der Waals surface area contributed by atoms with E-state index in [1.54, 1.807) is 0 Å². The molecule has 7 heteroatoms. The largest absolute Gasteiger partial charge is 0.401 e. The standard InChI is InChI=1S/C29H28F3N3O/c1-19-4-2-6-24(33-19)25-17-23-5-3-7-27(36)28(23)26(34-25)16-20-8-10-21(11-9-20)22-12-14-35(15-13-22)18-29(30,31)32/h2-6,8-11,17,22H,7,12-16,18H2,1H3. The van der Waals surface area contributed by atoms with Gasteiger partial charge < -0.3 is 0 Å². The van der Waals surface area contributed by atoms with Crippen LogP contribution in [0.15, 0.2) is 54.6 Å². The number of Topliss-reactive ketones (excluding diaryl/α,β-unsaturated/α-hetero) is 1. The Balaban J connectivity index is 1.36. The molecule has 0 saturated carbocycles. The molecule has 5 rings (SSSR count). The molecule has 0 spiro atoms. The summed E-state index contributed by atoms with van der Waals surface area (Å²) in [7, 11) is 0. The molecule has 4 nitrogen and oxygen atoms in total. The summed E-state index contributed by atoms with van der Waals surface area (Å²) in [6.07, 6.45) is 2.05. The van der Waals surface area contributed by atoms with Crippen LogP contribution < -0.4 is 0 Å². The first-order chi connectivity index (χ1) is 17.2. The van der Waals surface area contributed by atoms with Crippen LogP contribution in [0.2, 0.25) is 0 Å². The van der Waals surface area contributed by atoms with Crippen LogP contribution >= 0.6 is 0 Å². The first kappa shape index (κ1) is 24.4. The number of halogens is 3. The van der Waals surface area contributed by atoms with Crippen molar-refractivity contribution in [1.29, 1.82) is 0 Å². The second-order valence-corrected chi connectivity index (χ2v) is 9.70. The van der Waals surface area contributed by atoms with Crippen molar-refractivity contribution < 1.29 is 18.0 Å². The summed E-state index contributed by atoms with van der Waals surface area (Å²) >= 11 is 0. The van der Waals surface area contributed by atoms with E-state index in [9.17, 15) is 18.0 Å². The summed E-state index contributed by atoms with van der Waals surface area (Å²) < 4.78 is 38.0. The number of carbonyl (C=O) groups excluding carboxylic acids is 1. The molecule has 36 heavy (non-hydrogen) atoms. The molecule has 1 fully saturated rings. The molecule has 0 unspecified atom stereocenters. The van der Waals surface area contributed by atoms with E-state index in [-0.39, 0.29) is 11.7 Å². The number of aryl methyl sites for hydroxylation is 1. The van der Waals surface area contributed by atoms with Gasteiger partial charge in [-0.05, 0) is 73.7 Å². The van der Waals surface area contributed by atoms with Gasteiger partial charge in [-0.25, -0.2) is 0 Å². The van der Waals surface area contributed by atoms with E-state index in [4.69, 9.17) is 4.98 Å². The first-order valence-corrected chi connectivity index (χ1v) is 12.3. The maximum atomic E-state index is 12.8. The topological polar surface area (TPSA) is 46.1 Å². The van der Waals surface area contributed by atoms with Crippen LogP contribution in [0.4, 0.5) is 13.2 Å². The lowest BCUT2D eigenvalue weighted by atomic mass is 9.88. The van der Waals surface area contributed by atoms with Crippen LogP contribution in [-0.2, 0) is 6.42 Å². The highest BCUT2D eigenvalue weighted by atomic mass is 19.4. The Morgan fingerprint density at radius 1 is 1.00 bits per heavy atom. The summed E-state index contributed by atoms with van der Waals surface area (Å²) in [5, 5.41) is 0. The van der Waals surface area contributed by atoms with Crippen LogP contribution in [-0.4, -0.2) is 46.5 Å². The lowest BCUT2D eigenvalue weighted by Crippen LogP contribution is -2.39. The Bertz CT molecular complexity index is 1290. The molecule has 3 aromatic rings. The molecule has 2 aliphatic rings. The van der Waals surface area contributed by atoms with Crippen molar-refractivity contribution in [3.63, 3.8) is 0 Å². The molecule has 0 atom stereocenters. The number of rotatable bonds is 5. The van der Waals surface area contributed by atoms with Gasteiger partial charge >= 0.3 is 6.18 Å². The maximum Gasteiger partial charge on any atom is 0.401 e. The normalized spacial score (nSPS) is 16.8. The monoisotopic (exact) mass is 491 g/mol. The quantitative estimate of drug-likeness (QED) is 0.415. The van der Waals surface area contributed by atoms with Gasteiger partial charge in [0.05, 0.1) is 23.6 Å². The van der Waals surface area contributed by atoms with Gasteiger partial charge in [0.15, 0.2) is 5.78 Å². The molecular weight excluding hydrogens is 463 g/mol. The minimum atomic E-state index is -4.15. The number of alkyl halides is 3. The second-order valence-electron chi connectivity index (χ2n) is 9.70. The predicted octanol–water partition coefficient (Wildman–Crippen LogP) is 6.38. The Morgan fingerprint density at radius 3 is 2.44 bits per heavy atom. The van der Waals surface area contributed by atoms with Crippen LogP contribution in [0.1, 0.15) is 63.6 Å². The summed E-state index contributed by atoms with van der Waals surface area (Å²) in [5.41, 5.74) is 6.91. The lowest BCUT2D eigenvalue weighted by Gasteiger charge is -2.32. The number of pyridine rings is 2. The van der Waals surface area contributed by atoms with Crippen molar-refractivity contribution in [3.05, 3.63) is 88.2 Å². The third-order valence-electron chi connectivity index (χ3n) is 6.97. The van der Waals surface area contributed by atoms with Crippen LogP contribution in [0.3, 0.4) is 0 Å². The summed E-state index contributed by atoms with van der Waals surface area (Å²) in [6, 6.07) is 16.0. The van der Waals surface area contributed by atoms with Crippen LogP contribution in [0.5, 0.6) is 0 Å². The zero-order valence-electron chi connectivity index (χ0n) is 20.2. The number of hydrogen-bond donors (Lipinski definition) is 0. The predicted molar refractivity (Wildman–Crippen MR) is 134 cm³/mol. The van der Waals surface area contributed by atoms with E-state index in [0.29, 0.717) is 31.5 Å². The molecule has 1 aliphatic heterocycles. The van der Waals surface area contributed by atoms with Crippen molar-refractivity contribution in [1.82, 2.24) is 14.9 Å². The number of likely N-dealkylation sites (tertiary alicyclic amines) is 1. The molecule has 2 aromatic heterocycles.